The van der Waals surface area contributed by atoms with Gasteiger partial charge < -0.3 is 15.2 Å². The lowest BCUT2D eigenvalue weighted by Gasteiger charge is -2.44. The van der Waals surface area contributed by atoms with Crippen LogP contribution in [0.25, 0.3) is 12.2 Å². The number of hydrogen-bond acceptors (Lipinski definition) is 4. The Balaban J connectivity index is 1.62. The maximum atomic E-state index is 12.5. The molecule has 1 saturated heterocycles. The number of hydrogen-bond donors (Lipinski definition) is 2. The molecule has 2 aliphatic carbocycles. The molecule has 190 valence electrons. The van der Waals surface area contributed by atoms with E-state index in [9.17, 15) is 5.11 Å². The predicted molar refractivity (Wildman–Crippen MR) is 151 cm³/mol. The number of aliphatic hydroxyl groups is 1. The Morgan fingerprint density at radius 3 is 2.86 bits per heavy atom. The summed E-state index contributed by atoms with van der Waals surface area (Å²) >= 11 is 10.1. The first-order chi connectivity index (χ1) is 17.4. The van der Waals surface area contributed by atoms with Crippen molar-refractivity contribution in [2.45, 2.75) is 67.8 Å². The van der Waals surface area contributed by atoms with Gasteiger partial charge in [-0.3, -0.25) is 0 Å². The van der Waals surface area contributed by atoms with Crippen LogP contribution in [-0.4, -0.2) is 40.2 Å². The number of allylic oxidation sites excluding steroid dienone is 3. The summed E-state index contributed by atoms with van der Waals surface area (Å²) in [6, 6.07) is 8.33. The third-order valence-electron chi connectivity index (χ3n) is 7.70. The lowest BCUT2D eigenvalue weighted by atomic mass is 9.69. The molecule has 2 heterocycles. The van der Waals surface area contributed by atoms with Crippen LogP contribution in [0.1, 0.15) is 61.1 Å². The quantitative estimate of drug-likeness (QED) is 0.478. The topological polar surface area (TPSA) is 54.4 Å². The molecular formula is C30H34BrClN2O2. The average Bonchev–Trinajstić information content (AvgIpc) is 2.85. The van der Waals surface area contributed by atoms with Gasteiger partial charge in [0.1, 0.15) is 0 Å². The summed E-state index contributed by atoms with van der Waals surface area (Å²) < 4.78 is 5.86. The van der Waals surface area contributed by atoms with E-state index in [-0.39, 0.29) is 16.8 Å². The van der Waals surface area contributed by atoms with Crippen molar-refractivity contribution in [3.8, 4) is 5.88 Å². The maximum absolute atomic E-state index is 12.5. The second-order valence-electron chi connectivity index (χ2n) is 10.3. The Bertz CT molecular complexity index is 1320. The van der Waals surface area contributed by atoms with Crippen LogP contribution in [0.2, 0.25) is 5.02 Å². The molecule has 2 N–H and O–H groups in total. The third-order valence-corrected chi connectivity index (χ3v) is 8.57. The van der Waals surface area contributed by atoms with Crippen molar-refractivity contribution in [3.63, 3.8) is 0 Å². The molecule has 5 rings (SSSR count). The number of pyridine rings is 1. The average molecular weight is 570 g/mol. The number of alkyl halides is 1. The second kappa shape index (κ2) is 10.8. The van der Waals surface area contributed by atoms with Crippen molar-refractivity contribution in [3.05, 3.63) is 80.3 Å². The van der Waals surface area contributed by atoms with Crippen molar-refractivity contribution in [1.82, 2.24) is 10.3 Å². The Labute approximate surface area is 226 Å². The second-order valence-corrected chi connectivity index (χ2v) is 11.9. The summed E-state index contributed by atoms with van der Waals surface area (Å²) in [6.45, 7) is 2.83. The molecule has 1 aromatic carbocycles. The molecular weight excluding hydrogens is 536 g/mol. The van der Waals surface area contributed by atoms with E-state index >= 15 is 0 Å². The van der Waals surface area contributed by atoms with Gasteiger partial charge in [-0.25, -0.2) is 4.98 Å². The number of piperidine rings is 1. The van der Waals surface area contributed by atoms with Crippen LogP contribution >= 0.6 is 27.5 Å². The van der Waals surface area contributed by atoms with Crippen LogP contribution in [-0.2, 0) is 0 Å². The van der Waals surface area contributed by atoms with Crippen molar-refractivity contribution < 1.29 is 9.84 Å². The number of ether oxygens (including phenoxy) is 1. The minimum atomic E-state index is -0.969. The van der Waals surface area contributed by atoms with Gasteiger partial charge in [0.05, 0.1) is 18.1 Å². The molecule has 2 aromatic rings. The van der Waals surface area contributed by atoms with Gasteiger partial charge in [-0.2, -0.15) is 0 Å². The highest BCUT2D eigenvalue weighted by Gasteiger charge is 2.44. The molecule has 0 radical (unpaired) electrons. The number of aryl methyl sites for hydroxylation is 1. The number of halogens is 2. The number of nitrogens with one attached hydrogen (secondary N) is 1. The van der Waals surface area contributed by atoms with E-state index in [0.717, 1.165) is 59.5 Å². The summed E-state index contributed by atoms with van der Waals surface area (Å²) in [4.78, 5) is 5.17. The predicted octanol–water partition coefficient (Wildman–Crippen LogP) is 5.06. The van der Waals surface area contributed by atoms with Crippen LogP contribution in [0.4, 0.5) is 0 Å². The molecule has 1 aliphatic heterocycles. The lowest BCUT2D eigenvalue weighted by Crippen LogP contribution is -2.52. The Morgan fingerprint density at radius 1 is 1.25 bits per heavy atom. The molecule has 36 heavy (non-hydrogen) atoms. The van der Waals surface area contributed by atoms with E-state index in [4.69, 9.17) is 21.3 Å². The summed E-state index contributed by atoms with van der Waals surface area (Å²) in [5.41, 5.74) is 3.43. The molecule has 4 unspecified atom stereocenters. The molecule has 0 amide bonds. The van der Waals surface area contributed by atoms with Crippen molar-refractivity contribution in [2.75, 3.05) is 13.7 Å². The zero-order valence-corrected chi connectivity index (χ0v) is 23.3. The van der Waals surface area contributed by atoms with Gasteiger partial charge >= 0.3 is 0 Å². The molecule has 1 fully saturated rings. The Hall–Kier alpha value is -1.92. The van der Waals surface area contributed by atoms with E-state index in [1.54, 1.807) is 7.11 Å². The van der Waals surface area contributed by atoms with Crippen molar-refractivity contribution >= 4 is 39.7 Å². The third kappa shape index (κ3) is 5.35. The molecule has 4 nitrogen and oxygen atoms in total. The Kier molecular flexibility index (Phi) is 7.73. The Morgan fingerprint density at radius 2 is 2.11 bits per heavy atom. The molecule has 0 bridgehead atoms. The number of methoxy groups -OCH3 is 1. The summed E-state index contributed by atoms with van der Waals surface area (Å²) in [5.74, 6) is 0.277. The molecule has 0 spiro atoms. The monoisotopic (exact) mass is 568 g/mol. The van der Waals surface area contributed by atoms with Crippen LogP contribution in [0.5, 0.6) is 5.88 Å². The molecule has 1 aromatic heterocycles. The SMILES string of the molecule is COc1nc2c(cc1C(c1ccc(Cl)cc1C)C1(O)CCNC(CC3=CCCC=C3)C1)=CC(Br)CC=2. The normalized spacial score (nSPS) is 26.3. The first kappa shape index (κ1) is 25.7. The van der Waals surface area contributed by atoms with Crippen molar-refractivity contribution in [2.24, 2.45) is 0 Å². The van der Waals surface area contributed by atoms with Crippen LogP contribution in [0, 0.1) is 6.92 Å². The molecule has 4 atom stereocenters. The number of nitrogens with zero attached hydrogens (tertiary/aromatic N) is 1. The van der Waals surface area contributed by atoms with Crippen LogP contribution < -0.4 is 20.6 Å². The highest BCUT2D eigenvalue weighted by Crippen LogP contribution is 2.45. The smallest absolute Gasteiger partial charge is 0.217 e. The molecule has 6 heteroatoms. The minimum absolute atomic E-state index is 0.191. The summed E-state index contributed by atoms with van der Waals surface area (Å²) in [7, 11) is 1.67. The fourth-order valence-corrected chi connectivity index (χ4v) is 6.71. The lowest BCUT2D eigenvalue weighted by molar-refractivity contribution is -0.0192. The zero-order valence-electron chi connectivity index (χ0n) is 20.9. The fraction of sp³-hybridized carbons (Fsp3) is 0.433. The zero-order chi connectivity index (χ0) is 25.3. The number of aromatic nitrogens is 1. The first-order valence-corrected chi connectivity index (χ1v) is 14.1. The highest BCUT2D eigenvalue weighted by molar-refractivity contribution is 9.09. The minimum Gasteiger partial charge on any atom is -0.481 e. The van der Waals surface area contributed by atoms with E-state index in [0.29, 0.717) is 23.7 Å². The largest absolute Gasteiger partial charge is 0.481 e. The molecule has 3 aliphatic rings. The van der Waals surface area contributed by atoms with E-state index < -0.39 is 5.60 Å². The standard InChI is InChI=1S/C30H34BrClN2O2/c1-19-14-23(32)9-10-25(19)28(26-17-21-16-22(31)8-11-27(21)34-29(26)36-2)30(35)12-13-33-24(18-30)15-20-6-4-3-5-7-20/h4,6-7,9-11,14,16-17,22,24,28,33,35H,3,5,8,12-13,15,18H2,1-2H3. The van der Waals surface area contributed by atoms with Gasteiger partial charge in [-0.15, -0.1) is 0 Å². The fourth-order valence-electron chi connectivity index (χ4n) is 6.01. The van der Waals surface area contributed by atoms with Gasteiger partial charge in [-0.05, 0) is 86.5 Å². The maximum Gasteiger partial charge on any atom is 0.217 e. The van der Waals surface area contributed by atoms with Gasteiger partial charge in [0.25, 0.3) is 0 Å². The molecule has 0 saturated carbocycles. The van der Waals surface area contributed by atoms with Crippen molar-refractivity contribution in [1.29, 1.82) is 0 Å². The van der Waals surface area contributed by atoms with E-state index in [2.05, 4.69) is 70.7 Å². The summed E-state index contributed by atoms with van der Waals surface area (Å²) in [5, 5.41) is 18.9. The number of fused-ring (bicyclic) bond motifs is 1. The van der Waals surface area contributed by atoms with Crippen LogP contribution in [0.15, 0.2) is 48.1 Å². The number of rotatable bonds is 6. The first-order valence-electron chi connectivity index (χ1n) is 12.8. The van der Waals surface area contributed by atoms with Gasteiger partial charge in [0.2, 0.25) is 5.88 Å². The van der Waals surface area contributed by atoms with Gasteiger partial charge in [0, 0.05) is 27.4 Å². The van der Waals surface area contributed by atoms with Gasteiger partial charge in [-0.1, -0.05) is 69.6 Å². The van der Waals surface area contributed by atoms with Crippen LogP contribution in [0.3, 0.4) is 0 Å². The van der Waals surface area contributed by atoms with E-state index in [1.165, 1.54) is 5.57 Å². The highest BCUT2D eigenvalue weighted by atomic mass is 79.9. The van der Waals surface area contributed by atoms with E-state index in [1.807, 2.05) is 12.1 Å². The summed E-state index contributed by atoms with van der Waals surface area (Å²) in [6.07, 6.45) is 16.5. The van der Waals surface area contributed by atoms with Gasteiger partial charge in [0.15, 0.2) is 0 Å². The number of benzene rings is 1.